The number of nitrogens with zero attached hydrogens (tertiary/aromatic N) is 2. The number of urea groups is 1. The fourth-order valence-electron chi connectivity index (χ4n) is 10.00. The normalized spacial score (nSPS) is 13.2. The molecule has 3 atom stereocenters. The average molecular weight is 1450 g/mol. The first-order chi connectivity index (χ1) is 47.2. The summed E-state index contributed by atoms with van der Waals surface area (Å²) in [5.74, 6) is -5.65. The summed E-state index contributed by atoms with van der Waals surface area (Å²) in [7, 11) is 0. The lowest BCUT2D eigenvalue weighted by Crippen LogP contribution is -2.53. The predicted octanol–water partition coefficient (Wildman–Crippen LogP) is 9.31. The van der Waals surface area contributed by atoms with E-state index in [-0.39, 0.29) is 108 Å². The monoisotopic (exact) mass is 1450 g/mol. The molecule has 0 spiro atoms. The van der Waals surface area contributed by atoms with E-state index < -0.39 is 117 Å². The topological polar surface area (TPSA) is 359 Å². The number of unbranched alkanes of at least 4 members (excludes halogenated alkanes) is 3. The Bertz CT molecular complexity index is 3140. The molecule has 0 aromatic heterocycles. The zero-order chi connectivity index (χ0) is 78.5. The van der Waals surface area contributed by atoms with Gasteiger partial charge in [-0.3, -0.25) is 43.4 Å². The Morgan fingerprint density at radius 1 is 0.379 bits per heavy atom. The first-order valence-electron chi connectivity index (χ1n) is 35.7. The van der Waals surface area contributed by atoms with Gasteiger partial charge in [-0.2, -0.15) is 0 Å². The van der Waals surface area contributed by atoms with Crippen molar-refractivity contribution in [3.8, 4) is 11.5 Å². The highest BCUT2D eigenvalue weighted by Crippen LogP contribution is 2.26. The van der Waals surface area contributed by atoms with Crippen molar-refractivity contribution < 1.29 is 96.1 Å². The lowest BCUT2D eigenvalue weighted by atomic mass is 10.0. The van der Waals surface area contributed by atoms with Gasteiger partial charge in [-0.15, -0.1) is 0 Å². The third-order valence-corrected chi connectivity index (χ3v) is 14.1. The third kappa shape index (κ3) is 44.3. The lowest BCUT2D eigenvalue weighted by molar-refractivity contribution is -0.165. The summed E-state index contributed by atoms with van der Waals surface area (Å²) in [6.07, 6.45) is 2.89. The minimum absolute atomic E-state index is 0.0188. The maximum Gasteiger partial charge on any atom is 0.329 e. The number of aromatic hydroxyl groups is 2. The molecule has 27 heteroatoms. The lowest BCUT2D eigenvalue weighted by Gasteiger charge is -2.29. The Morgan fingerprint density at radius 2 is 0.738 bits per heavy atom. The van der Waals surface area contributed by atoms with Gasteiger partial charge in [0.2, 0.25) is 17.7 Å². The second-order valence-electron chi connectivity index (χ2n) is 32.9. The summed E-state index contributed by atoms with van der Waals surface area (Å²) in [6.45, 7) is 36.4. The van der Waals surface area contributed by atoms with Crippen LogP contribution in [-0.4, -0.2) is 182 Å². The number of aryl methyl sites for hydroxylation is 2. The highest BCUT2D eigenvalue weighted by molar-refractivity contribution is 5.89. The van der Waals surface area contributed by atoms with Crippen molar-refractivity contribution in [1.29, 1.82) is 0 Å². The van der Waals surface area contributed by atoms with Crippen LogP contribution < -0.4 is 26.6 Å². The van der Waals surface area contributed by atoms with Gasteiger partial charge in [-0.1, -0.05) is 30.7 Å². The van der Waals surface area contributed by atoms with Gasteiger partial charge in [0.1, 0.15) is 68.8 Å². The number of carbonyl (C=O) groups excluding carboxylic acids is 11. The van der Waals surface area contributed by atoms with Gasteiger partial charge in [0, 0.05) is 76.1 Å². The van der Waals surface area contributed by atoms with Crippen molar-refractivity contribution in [2.45, 2.75) is 306 Å². The number of rotatable bonds is 39. The van der Waals surface area contributed by atoms with Crippen LogP contribution in [0.5, 0.6) is 11.5 Å². The van der Waals surface area contributed by atoms with E-state index in [1.807, 2.05) is 0 Å². The number of hydrogen-bond acceptors (Lipinski definition) is 22. The predicted molar refractivity (Wildman–Crippen MR) is 388 cm³/mol. The standard InChI is InChI=1S/C76H123N7O20/c1-70(2,3)97-62(89)38-33-55(67(94)102-75(16,17)18)81-69(96)80-54(66(93)101-74(13,14)15)27-24-26-40-77-59(86)28-23-22-25-39-78-60(87)36-31-50-29-34-57(84)52(43-50)46-82(48-64(91)99-72(7,8)9)41-42-83(49-65(92)100-73(10,11)12)47-53-44-51(30-35-58(53)85)32-37-61(88)79-56(68(95)103-76(19,20)21)45-63(90)98-71(4,5)6/h29-30,34-35,43-44,54-56,84-85H,22-28,31-33,36-42,45-49H2,1-21H3,(H,77,86)(H,78,87)(H,79,88)(H2,80,81,96)/t54-,55-,56-/m0/s1. The molecule has 582 valence electrons. The first-order valence-corrected chi connectivity index (χ1v) is 35.7. The molecule has 0 heterocycles. The number of phenolic OH excluding ortho intramolecular Hbond substituents is 2. The summed E-state index contributed by atoms with van der Waals surface area (Å²) in [4.78, 5) is 148. The molecule has 0 aliphatic carbocycles. The Morgan fingerprint density at radius 3 is 1.16 bits per heavy atom. The molecule has 2 rings (SSSR count). The van der Waals surface area contributed by atoms with E-state index in [0.29, 0.717) is 68.3 Å². The van der Waals surface area contributed by atoms with Gasteiger partial charge in [0.15, 0.2) is 0 Å². The molecule has 103 heavy (non-hydrogen) atoms. The van der Waals surface area contributed by atoms with Crippen LogP contribution in [0.3, 0.4) is 0 Å². The number of ether oxygens (including phenoxy) is 7. The number of benzene rings is 2. The molecule has 0 fully saturated rings. The molecule has 7 N–H and O–H groups in total. The highest BCUT2D eigenvalue weighted by atomic mass is 16.6. The van der Waals surface area contributed by atoms with Gasteiger partial charge in [0.25, 0.3) is 0 Å². The smallest absolute Gasteiger partial charge is 0.329 e. The van der Waals surface area contributed by atoms with Crippen LogP contribution in [0.1, 0.15) is 245 Å². The first kappa shape index (κ1) is 91.0. The Hall–Kier alpha value is -8.07. The van der Waals surface area contributed by atoms with E-state index in [4.69, 9.17) is 33.2 Å². The Kier molecular flexibility index (Phi) is 36.6. The van der Waals surface area contributed by atoms with Gasteiger partial charge in [-0.05, 0) is 220 Å². The van der Waals surface area contributed by atoms with Crippen molar-refractivity contribution in [2.24, 2.45) is 0 Å². The fourth-order valence-corrected chi connectivity index (χ4v) is 10.00. The van der Waals surface area contributed by atoms with Crippen molar-refractivity contribution in [3.63, 3.8) is 0 Å². The van der Waals surface area contributed by atoms with E-state index in [9.17, 15) is 63.0 Å². The third-order valence-electron chi connectivity index (χ3n) is 14.1. The SMILES string of the molecule is CC(C)(C)OC(=O)CC[C@H](NC(=O)N[C@@H](CCCCNC(=O)CCCCCNC(=O)CCc1ccc(O)c(CN(CCN(CC(=O)OC(C)(C)C)Cc2cc(CCC(=O)N[C@@H](CC(=O)OC(C)(C)C)C(=O)OC(C)(C)C)ccc2O)CC(=O)OC(C)(C)C)c1)C(=O)OC(C)(C)C)C(=O)OC(C)(C)C. The number of esters is 7. The summed E-state index contributed by atoms with van der Waals surface area (Å²) < 4.78 is 38.8. The van der Waals surface area contributed by atoms with Crippen LogP contribution in [-0.2, 0) is 107 Å². The van der Waals surface area contributed by atoms with Crippen molar-refractivity contribution in [3.05, 3.63) is 58.7 Å². The van der Waals surface area contributed by atoms with Crippen molar-refractivity contribution in [2.75, 3.05) is 39.3 Å². The van der Waals surface area contributed by atoms with Crippen LogP contribution in [0.4, 0.5) is 4.79 Å². The van der Waals surface area contributed by atoms with Crippen molar-refractivity contribution >= 4 is 65.5 Å². The minimum atomic E-state index is -1.31. The number of carbonyl (C=O) groups is 11. The van der Waals surface area contributed by atoms with Gasteiger partial charge in [0.05, 0.1) is 19.5 Å². The van der Waals surface area contributed by atoms with E-state index in [1.54, 1.807) is 179 Å². The molecule has 5 amide bonds. The number of phenols is 2. The van der Waals surface area contributed by atoms with Gasteiger partial charge < -0.3 is 70.0 Å². The van der Waals surface area contributed by atoms with E-state index >= 15 is 0 Å². The van der Waals surface area contributed by atoms with Gasteiger partial charge >= 0.3 is 47.8 Å². The maximum atomic E-state index is 13.5. The molecular formula is C76H123N7O20. The van der Waals surface area contributed by atoms with Crippen LogP contribution in [0.2, 0.25) is 0 Å². The molecule has 2 aromatic carbocycles. The fraction of sp³-hybridized carbons (Fsp3) is 0.697. The number of nitrogens with one attached hydrogen (secondary N) is 5. The number of amides is 5. The average Bonchev–Trinajstić information content (AvgIpc) is 0.861. The Balaban J connectivity index is 2.08. The molecule has 0 aliphatic heterocycles. The molecule has 0 saturated carbocycles. The molecule has 0 saturated heterocycles. The minimum Gasteiger partial charge on any atom is -0.508 e. The Labute approximate surface area is 610 Å². The van der Waals surface area contributed by atoms with Crippen LogP contribution in [0.15, 0.2) is 36.4 Å². The zero-order valence-electron chi connectivity index (χ0n) is 65.4. The quantitative estimate of drug-likeness (QED) is 0.0186. The summed E-state index contributed by atoms with van der Waals surface area (Å²) >= 11 is 0. The molecular weight excluding hydrogens is 1330 g/mol. The molecule has 0 radical (unpaired) electrons. The second kappa shape index (κ2) is 41.4. The molecule has 0 bridgehead atoms. The van der Waals surface area contributed by atoms with E-state index in [0.717, 1.165) is 5.56 Å². The molecule has 27 nitrogen and oxygen atoms in total. The second-order valence-corrected chi connectivity index (χ2v) is 32.9. The summed E-state index contributed by atoms with van der Waals surface area (Å²) in [5.41, 5.74) is -3.64. The zero-order valence-corrected chi connectivity index (χ0v) is 65.4. The van der Waals surface area contributed by atoms with Crippen LogP contribution >= 0.6 is 0 Å². The molecule has 0 aliphatic rings. The maximum absolute atomic E-state index is 13.5. The van der Waals surface area contributed by atoms with E-state index in [1.165, 1.54) is 12.1 Å². The van der Waals surface area contributed by atoms with Crippen LogP contribution in [0.25, 0.3) is 0 Å². The summed E-state index contributed by atoms with van der Waals surface area (Å²) in [5, 5.41) is 36.0. The molecule has 0 unspecified atom stereocenters. The van der Waals surface area contributed by atoms with Crippen molar-refractivity contribution in [1.82, 2.24) is 36.4 Å². The highest BCUT2D eigenvalue weighted by Gasteiger charge is 2.34. The molecule has 2 aromatic rings. The largest absolute Gasteiger partial charge is 0.508 e. The van der Waals surface area contributed by atoms with Crippen LogP contribution in [0, 0.1) is 0 Å². The van der Waals surface area contributed by atoms with Gasteiger partial charge in [-0.25, -0.2) is 19.2 Å². The summed E-state index contributed by atoms with van der Waals surface area (Å²) in [6, 6.07) is 5.33. The van der Waals surface area contributed by atoms with E-state index in [2.05, 4.69) is 26.6 Å². The number of hydrogen-bond donors (Lipinski definition) is 7.